The zero-order chi connectivity index (χ0) is 13.4. The van der Waals surface area contributed by atoms with Crippen molar-refractivity contribution in [2.24, 2.45) is 0 Å². The van der Waals surface area contributed by atoms with Gasteiger partial charge in [0, 0.05) is 24.6 Å². The number of hydrogen-bond donors (Lipinski definition) is 2. The molecule has 2 aromatic heterocycles. The molecule has 0 saturated carbocycles. The Hall–Kier alpha value is -1.89. The Labute approximate surface area is 114 Å². The van der Waals surface area contributed by atoms with E-state index in [2.05, 4.69) is 25.7 Å². The Balaban J connectivity index is 1.93. The lowest BCUT2D eigenvalue weighted by molar-refractivity contribution is -0.122. The molecule has 2 N–H and O–H groups in total. The van der Waals surface area contributed by atoms with E-state index in [-0.39, 0.29) is 11.9 Å². The molecule has 0 radical (unpaired) electrons. The van der Waals surface area contributed by atoms with E-state index in [1.165, 1.54) is 6.33 Å². The summed E-state index contributed by atoms with van der Waals surface area (Å²) in [5.41, 5.74) is 0.816. The molecule has 1 aliphatic rings. The van der Waals surface area contributed by atoms with Crippen LogP contribution >= 0.6 is 11.6 Å². The number of rotatable bonds is 2. The summed E-state index contributed by atoms with van der Waals surface area (Å²) in [7, 11) is 0. The summed E-state index contributed by atoms with van der Waals surface area (Å²) in [6.45, 7) is 2.47. The lowest BCUT2D eigenvalue weighted by Crippen LogP contribution is -2.42. The maximum atomic E-state index is 11.2. The van der Waals surface area contributed by atoms with Crippen LogP contribution in [0.4, 0.5) is 5.82 Å². The van der Waals surface area contributed by atoms with E-state index in [1.807, 2.05) is 6.92 Å². The minimum atomic E-state index is 0.0911. The molecule has 0 aromatic carbocycles. The lowest BCUT2D eigenvalue weighted by atomic mass is 10.1. The molecule has 8 heteroatoms. The average molecular weight is 281 g/mol. The number of carbonyl (C=O) groups is 1. The average Bonchev–Trinajstić information content (AvgIpc) is 2.85. The van der Waals surface area contributed by atoms with Crippen LogP contribution in [0.3, 0.4) is 0 Å². The monoisotopic (exact) mass is 280 g/mol. The van der Waals surface area contributed by atoms with E-state index in [9.17, 15) is 4.79 Å². The van der Waals surface area contributed by atoms with Crippen LogP contribution < -0.4 is 10.6 Å². The molecule has 1 unspecified atom stereocenters. The van der Waals surface area contributed by atoms with Gasteiger partial charge in [-0.25, -0.2) is 0 Å². The second kappa shape index (κ2) is 4.65. The van der Waals surface area contributed by atoms with Crippen LogP contribution in [-0.2, 0) is 4.79 Å². The molecule has 1 saturated heterocycles. The Morgan fingerprint density at radius 3 is 3.16 bits per heavy atom. The molecule has 19 heavy (non-hydrogen) atoms. The molecule has 0 spiro atoms. The van der Waals surface area contributed by atoms with Gasteiger partial charge >= 0.3 is 0 Å². The fourth-order valence-corrected chi connectivity index (χ4v) is 2.28. The number of piperidine rings is 1. The van der Waals surface area contributed by atoms with E-state index >= 15 is 0 Å². The van der Waals surface area contributed by atoms with Crippen LogP contribution in [-0.4, -0.2) is 38.1 Å². The molecule has 0 aliphatic carbocycles. The van der Waals surface area contributed by atoms with Gasteiger partial charge in [0.2, 0.25) is 5.91 Å². The highest BCUT2D eigenvalue weighted by molar-refractivity contribution is 6.30. The predicted molar refractivity (Wildman–Crippen MR) is 70.2 cm³/mol. The van der Waals surface area contributed by atoms with Crippen LogP contribution in [0.2, 0.25) is 5.15 Å². The molecule has 3 heterocycles. The van der Waals surface area contributed by atoms with Gasteiger partial charge in [-0.1, -0.05) is 11.6 Å². The third kappa shape index (κ3) is 2.21. The Morgan fingerprint density at radius 1 is 1.58 bits per heavy atom. The highest BCUT2D eigenvalue weighted by atomic mass is 35.5. The van der Waals surface area contributed by atoms with Gasteiger partial charge in [-0.3, -0.25) is 4.79 Å². The number of aromatic nitrogens is 4. The van der Waals surface area contributed by atoms with Crippen molar-refractivity contribution in [3.05, 3.63) is 17.0 Å². The smallest absolute Gasteiger partial charge is 0.255 e. The van der Waals surface area contributed by atoms with Crippen LogP contribution in [0.5, 0.6) is 0 Å². The third-order valence-electron chi connectivity index (χ3n) is 3.21. The van der Waals surface area contributed by atoms with Gasteiger partial charge in [-0.2, -0.15) is 19.6 Å². The van der Waals surface area contributed by atoms with Crippen molar-refractivity contribution < 1.29 is 4.79 Å². The first-order valence-corrected chi connectivity index (χ1v) is 6.42. The van der Waals surface area contributed by atoms with E-state index < -0.39 is 0 Å². The highest BCUT2D eigenvalue weighted by Crippen LogP contribution is 2.23. The van der Waals surface area contributed by atoms with Crippen LogP contribution in [0.15, 0.2) is 6.33 Å². The number of hydrogen-bond acceptors (Lipinski definition) is 5. The molecule has 1 aliphatic heterocycles. The van der Waals surface area contributed by atoms with Crippen LogP contribution in [0.25, 0.3) is 5.78 Å². The molecule has 1 amide bonds. The van der Waals surface area contributed by atoms with E-state index in [0.29, 0.717) is 23.9 Å². The Bertz CT molecular complexity index is 629. The Morgan fingerprint density at radius 2 is 2.42 bits per heavy atom. The number of fused-ring (bicyclic) bond motifs is 1. The highest BCUT2D eigenvalue weighted by Gasteiger charge is 2.20. The zero-order valence-corrected chi connectivity index (χ0v) is 11.1. The first-order chi connectivity index (χ1) is 9.15. The van der Waals surface area contributed by atoms with Crippen molar-refractivity contribution in [2.75, 3.05) is 11.9 Å². The van der Waals surface area contributed by atoms with Gasteiger partial charge in [0.1, 0.15) is 17.3 Å². The molecule has 3 rings (SSSR count). The van der Waals surface area contributed by atoms with E-state index in [0.717, 1.165) is 17.8 Å². The summed E-state index contributed by atoms with van der Waals surface area (Å²) >= 11 is 6.09. The number of anilines is 1. The van der Waals surface area contributed by atoms with Gasteiger partial charge in [0.05, 0.1) is 0 Å². The number of halogens is 1. The van der Waals surface area contributed by atoms with Crippen molar-refractivity contribution in [1.29, 1.82) is 0 Å². The fourth-order valence-electron chi connectivity index (χ4n) is 2.12. The van der Waals surface area contributed by atoms with Gasteiger partial charge < -0.3 is 10.6 Å². The van der Waals surface area contributed by atoms with Gasteiger partial charge in [-0.15, -0.1) is 0 Å². The van der Waals surface area contributed by atoms with Crippen molar-refractivity contribution >= 4 is 29.1 Å². The zero-order valence-electron chi connectivity index (χ0n) is 10.4. The summed E-state index contributed by atoms with van der Waals surface area (Å²) in [4.78, 5) is 19.3. The SMILES string of the molecule is Cc1c(Cl)nc2ncnn2c1NC1CCC(=O)NC1. The molecule has 1 fully saturated rings. The minimum absolute atomic E-state index is 0.0911. The minimum Gasteiger partial charge on any atom is -0.365 e. The molecule has 100 valence electrons. The van der Waals surface area contributed by atoms with Crippen molar-refractivity contribution in [3.63, 3.8) is 0 Å². The second-order valence-corrected chi connectivity index (χ2v) is 4.89. The van der Waals surface area contributed by atoms with Crippen LogP contribution in [0, 0.1) is 6.92 Å². The first kappa shape index (κ1) is 12.2. The summed E-state index contributed by atoms with van der Waals surface area (Å²) < 4.78 is 1.62. The maximum absolute atomic E-state index is 11.2. The Kier molecular flexibility index (Phi) is 2.98. The van der Waals surface area contributed by atoms with Gasteiger partial charge in [-0.05, 0) is 13.3 Å². The largest absolute Gasteiger partial charge is 0.365 e. The molecular weight excluding hydrogens is 268 g/mol. The summed E-state index contributed by atoms with van der Waals surface area (Å²) in [6.07, 6.45) is 2.74. The fraction of sp³-hybridized carbons (Fsp3) is 0.455. The normalized spacial score (nSPS) is 19.5. The summed E-state index contributed by atoms with van der Waals surface area (Å²) in [5, 5.41) is 10.7. The van der Waals surface area contributed by atoms with Gasteiger partial charge in [0.15, 0.2) is 0 Å². The molecule has 7 nitrogen and oxygen atoms in total. The van der Waals surface area contributed by atoms with Gasteiger partial charge in [0.25, 0.3) is 5.78 Å². The molecular formula is C11H13ClN6O. The van der Waals surface area contributed by atoms with Crippen LogP contribution in [0.1, 0.15) is 18.4 Å². The topological polar surface area (TPSA) is 84.2 Å². The maximum Gasteiger partial charge on any atom is 0.255 e. The first-order valence-electron chi connectivity index (χ1n) is 6.04. The molecule has 0 bridgehead atoms. The summed E-state index contributed by atoms with van der Waals surface area (Å²) in [6, 6.07) is 0.155. The predicted octanol–water partition coefficient (Wildman–Crippen LogP) is 0.777. The van der Waals surface area contributed by atoms with Crippen molar-refractivity contribution in [3.8, 4) is 0 Å². The van der Waals surface area contributed by atoms with E-state index in [1.54, 1.807) is 4.52 Å². The van der Waals surface area contributed by atoms with Crippen molar-refractivity contribution in [2.45, 2.75) is 25.8 Å². The quantitative estimate of drug-likeness (QED) is 0.794. The molecule has 2 aromatic rings. The van der Waals surface area contributed by atoms with E-state index in [4.69, 9.17) is 11.6 Å². The standard InChI is InChI=1S/C11H13ClN6O/c1-6-9(12)17-11-14-5-15-18(11)10(6)16-7-2-3-8(19)13-4-7/h5,7,16H,2-4H2,1H3,(H,13,19). The molecule has 1 atom stereocenters. The third-order valence-corrected chi connectivity index (χ3v) is 3.58. The second-order valence-electron chi connectivity index (χ2n) is 4.53. The number of amides is 1. The van der Waals surface area contributed by atoms with Crippen molar-refractivity contribution in [1.82, 2.24) is 24.9 Å². The number of nitrogens with zero attached hydrogens (tertiary/aromatic N) is 4. The number of carbonyl (C=O) groups excluding carboxylic acids is 1. The number of nitrogens with one attached hydrogen (secondary N) is 2. The summed E-state index contributed by atoms with van der Waals surface area (Å²) in [5.74, 6) is 1.32. The lowest BCUT2D eigenvalue weighted by Gasteiger charge is -2.25.